The van der Waals surface area contributed by atoms with Crippen LogP contribution in [0.2, 0.25) is 0 Å². The predicted molar refractivity (Wildman–Crippen MR) is 66.2 cm³/mol. The Bertz CT molecular complexity index is 414. The molecule has 0 radical (unpaired) electrons. The molecule has 0 aliphatic heterocycles. The third-order valence-electron chi connectivity index (χ3n) is 1.79. The topological polar surface area (TPSA) is 97.2 Å². The van der Waals surface area contributed by atoms with E-state index in [9.17, 15) is 4.79 Å². The van der Waals surface area contributed by atoms with Gasteiger partial charge in [0.05, 0.1) is 0 Å². The first-order valence-electron chi connectivity index (χ1n) is 4.92. The van der Waals surface area contributed by atoms with E-state index in [0.29, 0.717) is 12.2 Å². The Balaban J connectivity index is 2.41. The summed E-state index contributed by atoms with van der Waals surface area (Å²) in [6.45, 7) is 3.88. The highest BCUT2D eigenvalue weighted by Gasteiger charge is 2.03. The molecule has 0 atom stereocenters. The van der Waals surface area contributed by atoms with Crippen LogP contribution in [0.25, 0.3) is 0 Å². The van der Waals surface area contributed by atoms with Crippen molar-refractivity contribution in [3.8, 4) is 5.75 Å². The van der Waals surface area contributed by atoms with Crippen LogP contribution in [-0.2, 0) is 0 Å². The summed E-state index contributed by atoms with van der Waals surface area (Å²) in [7, 11) is 0. The Labute approximate surface area is 98.9 Å². The number of aromatic hydroxyl groups is 1. The fraction of sp³-hybridized carbons (Fsp3) is 0.0909. The number of nitrogens with one attached hydrogen (secondary N) is 4. The van der Waals surface area contributed by atoms with Gasteiger partial charge in [-0.15, -0.1) is 6.58 Å². The Morgan fingerprint density at radius 1 is 1.41 bits per heavy atom. The van der Waals surface area contributed by atoms with E-state index < -0.39 is 6.03 Å². The second-order valence-electron chi connectivity index (χ2n) is 3.17. The third-order valence-corrected chi connectivity index (χ3v) is 1.79. The summed E-state index contributed by atoms with van der Waals surface area (Å²) in [5, 5.41) is 23.8. The molecule has 0 aliphatic rings. The highest BCUT2D eigenvalue weighted by molar-refractivity contribution is 6.01. The first-order chi connectivity index (χ1) is 8.11. The second kappa shape index (κ2) is 6.16. The van der Waals surface area contributed by atoms with Crippen LogP contribution in [0.15, 0.2) is 36.9 Å². The summed E-state index contributed by atoms with van der Waals surface area (Å²) in [6, 6.07) is 5.48. The molecule has 1 rings (SSSR count). The number of urea groups is 1. The minimum Gasteiger partial charge on any atom is -0.508 e. The van der Waals surface area contributed by atoms with Crippen LogP contribution in [0.4, 0.5) is 10.5 Å². The minimum atomic E-state index is -0.530. The Morgan fingerprint density at radius 3 is 2.65 bits per heavy atom. The van der Waals surface area contributed by atoms with Gasteiger partial charge >= 0.3 is 6.03 Å². The van der Waals surface area contributed by atoms with Crippen LogP contribution in [0, 0.1) is 5.41 Å². The number of benzene rings is 1. The molecule has 0 unspecified atom stereocenters. The van der Waals surface area contributed by atoms with Gasteiger partial charge in [-0.1, -0.05) is 6.08 Å². The van der Waals surface area contributed by atoms with Crippen molar-refractivity contribution < 1.29 is 9.90 Å². The molecule has 6 heteroatoms. The SMILES string of the molecule is C=CCNC(=N)NC(=O)Nc1ccc(O)cc1. The highest BCUT2D eigenvalue weighted by Crippen LogP contribution is 2.13. The molecule has 6 nitrogen and oxygen atoms in total. The van der Waals surface area contributed by atoms with Crippen molar-refractivity contribution in [2.24, 2.45) is 0 Å². The Morgan fingerprint density at radius 2 is 2.06 bits per heavy atom. The molecule has 0 saturated heterocycles. The van der Waals surface area contributed by atoms with Crippen LogP contribution in [-0.4, -0.2) is 23.6 Å². The maximum Gasteiger partial charge on any atom is 0.325 e. The zero-order valence-electron chi connectivity index (χ0n) is 9.16. The number of carbonyl (C=O) groups excluding carboxylic acids is 1. The number of hydrogen-bond acceptors (Lipinski definition) is 3. The molecule has 0 saturated carbocycles. The summed E-state index contributed by atoms with van der Waals surface area (Å²) >= 11 is 0. The van der Waals surface area contributed by atoms with Gasteiger partial charge in [-0.2, -0.15) is 0 Å². The van der Waals surface area contributed by atoms with Gasteiger partial charge in [0.2, 0.25) is 0 Å². The summed E-state index contributed by atoms with van der Waals surface area (Å²) < 4.78 is 0. The van der Waals surface area contributed by atoms with E-state index in [1.54, 1.807) is 18.2 Å². The smallest absolute Gasteiger partial charge is 0.325 e. The Hall–Kier alpha value is -2.50. The van der Waals surface area contributed by atoms with E-state index in [2.05, 4.69) is 22.5 Å². The van der Waals surface area contributed by atoms with E-state index in [1.807, 2.05) is 0 Å². The fourth-order valence-corrected chi connectivity index (χ4v) is 1.04. The van der Waals surface area contributed by atoms with Crippen molar-refractivity contribution >= 4 is 17.7 Å². The van der Waals surface area contributed by atoms with Gasteiger partial charge < -0.3 is 15.7 Å². The zero-order valence-corrected chi connectivity index (χ0v) is 9.16. The van der Waals surface area contributed by atoms with Gasteiger partial charge in [-0.3, -0.25) is 10.7 Å². The van der Waals surface area contributed by atoms with Crippen LogP contribution in [0.1, 0.15) is 0 Å². The summed E-state index contributed by atoms with van der Waals surface area (Å²) in [6.07, 6.45) is 1.58. The normalized spacial score (nSPS) is 9.18. The number of amides is 2. The van der Waals surface area contributed by atoms with Crippen molar-refractivity contribution in [2.45, 2.75) is 0 Å². The molecule has 0 aliphatic carbocycles. The third kappa shape index (κ3) is 4.70. The molecule has 17 heavy (non-hydrogen) atoms. The first-order valence-corrected chi connectivity index (χ1v) is 4.92. The molecule has 5 N–H and O–H groups in total. The molecule has 0 spiro atoms. The first kappa shape index (κ1) is 12.6. The molecule has 1 aromatic carbocycles. The molecule has 0 aromatic heterocycles. The lowest BCUT2D eigenvalue weighted by Gasteiger charge is -2.09. The van der Waals surface area contributed by atoms with Crippen LogP contribution >= 0.6 is 0 Å². The van der Waals surface area contributed by atoms with Gasteiger partial charge in [-0.05, 0) is 24.3 Å². The van der Waals surface area contributed by atoms with Gasteiger partial charge in [0, 0.05) is 12.2 Å². The highest BCUT2D eigenvalue weighted by atomic mass is 16.3. The number of phenolic OH excluding ortho intramolecular Hbond substituents is 1. The average Bonchev–Trinajstić information content (AvgIpc) is 2.29. The summed E-state index contributed by atoms with van der Waals surface area (Å²) in [5.41, 5.74) is 0.525. The van der Waals surface area contributed by atoms with Gasteiger partial charge in [0.15, 0.2) is 5.96 Å². The van der Waals surface area contributed by atoms with E-state index >= 15 is 0 Å². The van der Waals surface area contributed by atoms with Crippen molar-refractivity contribution in [1.29, 1.82) is 5.41 Å². The lowest BCUT2D eigenvalue weighted by molar-refractivity contribution is 0.256. The van der Waals surface area contributed by atoms with E-state index in [1.165, 1.54) is 12.1 Å². The van der Waals surface area contributed by atoms with Gasteiger partial charge in [-0.25, -0.2) is 4.79 Å². The maximum atomic E-state index is 11.4. The number of carbonyl (C=O) groups is 1. The van der Waals surface area contributed by atoms with E-state index in [0.717, 1.165) is 0 Å². The van der Waals surface area contributed by atoms with Crippen molar-refractivity contribution in [2.75, 3.05) is 11.9 Å². The van der Waals surface area contributed by atoms with Gasteiger partial charge in [0.1, 0.15) is 5.75 Å². The summed E-state index contributed by atoms with van der Waals surface area (Å²) in [4.78, 5) is 11.4. The van der Waals surface area contributed by atoms with Crippen molar-refractivity contribution in [3.63, 3.8) is 0 Å². The van der Waals surface area contributed by atoms with Crippen LogP contribution in [0.3, 0.4) is 0 Å². The summed E-state index contributed by atoms with van der Waals surface area (Å²) in [5.74, 6) is 0.0116. The molecule has 2 amide bonds. The molecule has 0 bridgehead atoms. The fourth-order valence-electron chi connectivity index (χ4n) is 1.04. The van der Waals surface area contributed by atoms with Crippen LogP contribution in [0.5, 0.6) is 5.75 Å². The number of anilines is 1. The number of hydrogen-bond donors (Lipinski definition) is 5. The average molecular weight is 234 g/mol. The number of rotatable bonds is 3. The monoisotopic (exact) mass is 234 g/mol. The molecule has 0 heterocycles. The van der Waals surface area contributed by atoms with E-state index in [4.69, 9.17) is 10.5 Å². The lowest BCUT2D eigenvalue weighted by atomic mass is 10.3. The predicted octanol–water partition coefficient (Wildman–Crippen LogP) is 1.22. The van der Waals surface area contributed by atoms with Gasteiger partial charge in [0.25, 0.3) is 0 Å². The largest absolute Gasteiger partial charge is 0.508 e. The standard InChI is InChI=1S/C11H14N4O2/c1-2-7-13-10(12)15-11(17)14-8-3-5-9(16)6-4-8/h2-6,16H,1,7H2,(H4,12,13,14,15,17). The number of guanidine groups is 1. The maximum absolute atomic E-state index is 11.4. The van der Waals surface area contributed by atoms with Crippen molar-refractivity contribution in [1.82, 2.24) is 10.6 Å². The molecule has 1 aromatic rings. The Kier molecular flexibility index (Phi) is 4.56. The minimum absolute atomic E-state index is 0.110. The molecule has 90 valence electrons. The zero-order chi connectivity index (χ0) is 12.7. The molecular formula is C11H14N4O2. The van der Waals surface area contributed by atoms with E-state index in [-0.39, 0.29) is 11.7 Å². The quantitative estimate of drug-likeness (QED) is 0.235. The number of phenols is 1. The second-order valence-corrected chi connectivity index (χ2v) is 3.17. The lowest BCUT2D eigenvalue weighted by Crippen LogP contribution is -2.42. The molecule has 0 fully saturated rings. The van der Waals surface area contributed by atoms with Crippen molar-refractivity contribution in [3.05, 3.63) is 36.9 Å². The molecular weight excluding hydrogens is 220 g/mol. The van der Waals surface area contributed by atoms with Crippen LogP contribution < -0.4 is 16.0 Å².